The summed E-state index contributed by atoms with van der Waals surface area (Å²) in [6, 6.07) is 12.8. The number of nitrogens with zero attached hydrogens (tertiary/aromatic N) is 2. The van der Waals surface area contributed by atoms with Gasteiger partial charge in [0.2, 0.25) is 0 Å². The maximum absolute atomic E-state index is 13.2. The lowest BCUT2D eigenvalue weighted by atomic mass is 10.1. The van der Waals surface area contributed by atoms with Gasteiger partial charge in [0.15, 0.2) is 26.5 Å². The molecule has 1 aliphatic rings. The number of hydrogen-bond donors (Lipinski definition) is 0. The van der Waals surface area contributed by atoms with Crippen LogP contribution in [0.4, 0.5) is 5.13 Å². The van der Waals surface area contributed by atoms with E-state index in [1.165, 1.54) is 19.8 Å². The van der Waals surface area contributed by atoms with Gasteiger partial charge in [0, 0.05) is 31.0 Å². The molecule has 7 nitrogen and oxygen atoms in total. The number of thiazole rings is 1. The van der Waals surface area contributed by atoms with Crippen molar-refractivity contribution in [3.8, 4) is 17.2 Å². The van der Waals surface area contributed by atoms with Gasteiger partial charge in [-0.2, -0.15) is 0 Å². The molecule has 1 fully saturated rings. The van der Waals surface area contributed by atoms with Gasteiger partial charge in [-0.3, -0.25) is 0 Å². The van der Waals surface area contributed by atoms with Gasteiger partial charge in [-0.05, 0) is 42.7 Å². The molecule has 2 heterocycles. The second-order valence-electron chi connectivity index (χ2n) is 7.89. The maximum Gasteiger partial charge on any atom is 0.185 e. The van der Waals surface area contributed by atoms with Gasteiger partial charge < -0.3 is 19.1 Å². The summed E-state index contributed by atoms with van der Waals surface area (Å²) in [6.45, 7) is 1.32. The molecule has 2 aromatic carbocycles. The molecule has 9 heteroatoms. The molecule has 4 rings (SSSR count). The van der Waals surface area contributed by atoms with Gasteiger partial charge in [0.25, 0.3) is 0 Å². The molecule has 0 atom stereocenters. The number of anilines is 1. The predicted octanol–water partition coefficient (Wildman–Crippen LogP) is 4.20. The number of aromatic nitrogens is 1. The number of ether oxygens (including phenoxy) is 3. The van der Waals surface area contributed by atoms with Crippen LogP contribution in [0.25, 0.3) is 0 Å². The standard InChI is InChI=1S/C24H28N2O5S2/c1-29-19-6-4-17(5-7-19)14-18-16-32-24(25-18)26-12-10-20(11-13-26)33(27,28)21-8-9-22(30-2)23(15-21)31-3/h4-9,15-16,20H,10-14H2,1-3H3. The van der Waals surface area contributed by atoms with Gasteiger partial charge in [0.1, 0.15) is 5.75 Å². The number of benzene rings is 2. The van der Waals surface area contributed by atoms with Crippen molar-refractivity contribution in [1.29, 1.82) is 0 Å². The molecule has 1 aromatic heterocycles. The second kappa shape index (κ2) is 10.0. The molecule has 0 unspecified atom stereocenters. The Morgan fingerprint density at radius 2 is 1.67 bits per heavy atom. The third-order valence-electron chi connectivity index (χ3n) is 5.92. The fraction of sp³-hybridized carbons (Fsp3) is 0.375. The Balaban J connectivity index is 1.39. The summed E-state index contributed by atoms with van der Waals surface area (Å²) in [5, 5.41) is 2.59. The van der Waals surface area contributed by atoms with Gasteiger partial charge in [-0.15, -0.1) is 11.3 Å². The molecular weight excluding hydrogens is 460 g/mol. The average molecular weight is 489 g/mol. The van der Waals surface area contributed by atoms with Crippen LogP contribution in [0, 0.1) is 0 Å². The van der Waals surface area contributed by atoms with Gasteiger partial charge in [0.05, 0.1) is 37.2 Å². The molecule has 0 spiro atoms. The van der Waals surface area contributed by atoms with Crippen LogP contribution < -0.4 is 19.1 Å². The Labute approximate surface area is 198 Å². The van der Waals surface area contributed by atoms with E-state index in [0.717, 1.165) is 23.0 Å². The molecule has 1 saturated heterocycles. The number of rotatable bonds is 8. The van der Waals surface area contributed by atoms with Crippen molar-refractivity contribution in [2.75, 3.05) is 39.3 Å². The highest BCUT2D eigenvalue weighted by molar-refractivity contribution is 7.92. The fourth-order valence-electron chi connectivity index (χ4n) is 4.02. The van der Waals surface area contributed by atoms with Crippen LogP contribution in [0.2, 0.25) is 0 Å². The molecule has 0 radical (unpaired) electrons. The number of methoxy groups -OCH3 is 3. The Kier molecular flexibility index (Phi) is 7.09. The summed E-state index contributed by atoms with van der Waals surface area (Å²) in [7, 11) is 1.23. The van der Waals surface area contributed by atoms with Crippen LogP contribution in [-0.2, 0) is 16.3 Å². The number of piperidine rings is 1. The Morgan fingerprint density at radius 3 is 2.30 bits per heavy atom. The smallest absolute Gasteiger partial charge is 0.185 e. The van der Waals surface area contributed by atoms with Crippen molar-refractivity contribution in [1.82, 2.24) is 4.98 Å². The molecule has 0 bridgehead atoms. The SMILES string of the molecule is COc1ccc(Cc2csc(N3CCC(S(=O)(=O)c4ccc(OC)c(OC)c4)CC3)n2)cc1. The van der Waals surface area contributed by atoms with E-state index in [1.54, 1.807) is 36.6 Å². The monoisotopic (exact) mass is 488 g/mol. The Hall–Kier alpha value is -2.78. The predicted molar refractivity (Wildman–Crippen MR) is 130 cm³/mol. The minimum atomic E-state index is -3.46. The van der Waals surface area contributed by atoms with Crippen molar-refractivity contribution in [2.45, 2.75) is 29.4 Å². The highest BCUT2D eigenvalue weighted by atomic mass is 32.2. The van der Waals surface area contributed by atoms with Crippen LogP contribution in [0.1, 0.15) is 24.1 Å². The van der Waals surface area contributed by atoms with Crippen LogP contribution in [0.3, 0.4) is 0 Å². The van der Waals surface area contributed by atoms with Gasteiger partial charge in [-0.25, -0.2) is 13.4 Å². The zero-order valence-corrected chi connectivity index (χ0v) is 20.6. The lowest BCUT2D eigenvalue weighted by Gasteiger charge is -2.31. The highest BCUT2D eigenvalue weighted by Crippen LogP contribution is 2.34. The van der Waals surface area contributed by atoms with Crippen molar-refractivity contribution in [3.63, 3.8) is 0 Å². The first kappa shape index (κ1) is 23.4. The average Bonchev–Trinajstić information content (AvgIpc) is 3.32. The van der Waals surface area contributed by atoms with Crippen LogP contribution >= 0.6 is 11.3 Å². The Bertz CT molecular complexity index is 1180. The molecule has 0 amide bonds. The summed E-state index contributed by atoms with van der Waals surface area (Å²) < 4.78 is 42.1. The van der Waals surface area contributed by atoms with Crippen molar-refractivity contribution < 1.29 is 22.6 Å². The number of sulfone groups is 1. The minimum absolute atomic E-state index is 0.273. The second-order valence-corrected chi connectivity index (χ2v) is 11.0. The van der Waals surface area contributed by atoms with Crippen LogP contribution in [0.15, 0.2) is 52.7 Å². The van der Waals surface area contributed by atoms with Gasteiger partial charge in [-0.1, -0.05) is 12.1 Å². The molecular formula is C24H28N2O5S2. The topological polar surface area (TPSA) is 78.0 Å². The summed E-state index contributed by atoms with van der Waals surface area (Å²) in [4.78, 5) is 7.25. The summed E-state index contributed by atoms with van der Waals surface area (Å²) >= 11 is 1.61. The maximum atomic E-state index is 13.2. The van der Waals surface area contributed by atoms with E-state index in [-0.39, 0.29) is 4.90 Å². The van der Waals surface area contributed by atoms with E-state index in [2.05, 4.69) is 10.3 Å². The normalized spacial score (nSPS) is 14.8. The van der Waals surface area contributed by atoms with E-state index < -0.39 is 15.1 Å². The summed E-state index contributed by atoms with van der Waals surface area (Å²) in [5.41, 5.74) is 2.19. The molecule has 33 heavy (non-hydrogen) atoms. The van der Waals surface area contributed by atoms with Crippen molar-refractivity contribution in [2.24, 2.45) is 0 Å². The van der Waals surface area contributed by atoms with Crippen molar-refractivity contribution >= 4 is 26.3 Å². The zero-order chi connectivity index (χ0) is 23.4. The summed E-state index contributed by atoms with van der Waals surface area (Å²) in [5.74, 6) is 1.77. The number of hydrogen-bond acceptors (Lipinski definition) is 8. The van der Waals surface area contributed by atoms with E-state index in [0.29, 0.717) is 37.4 Å². The lowest BCUT2D eigenvalue weighted by Crippen LogP contribution is -2.39. The molecule has 0 aliphatic carbocycles. The van der Waals surface area contributed by atoms with E-state index >= 15 is 0 Å². The third-order valence-corrected chi connectivity index (χ3v) is 9.13. The lowest BCUT2D eigenvalue weighted by molar-refractivity contribution is 0.354. The largest absolute Gasteiger partial charge is 0.497 e. The first-order valence-corrected chi connectivity index (χ1v) is 13.2. The first-order valence-electron chi connectivity index (χ1n) is 10.7. The summed E-state index contributed by atoms with van der Waals surface area (Å²) in [6.07, 6.45) is 1.87. The zero-order valence-electron chi connectivity index (χ0n) is 19.0. The Morgan fingerprint density at radius 1 is 0.970 bits per heavy atom. The molecule has 0 N–H and O–H groups in total. The van der Waals surface area contributed by atoms with E-state index in [4.69, 9.17) is 19.2 Å². The quantitative estimate of drug-likeness (QED) is 0.470. The van der Waals surface area contributed by atoms with Gasteiger partial charge >= 0.3 is 0 Å². The van der Waals surface area contributed by atoms with Crippen LogP contribution in [0.5, 0.6) is 17.2 Å². The van der Waals surface area contributed by atoms with E-state index in [1.807, 2.05) is 24.3 Å². The third kappa shape index (κ3) is 5.09. The first-order chi connectivity index (χ1) is 15.9. The minimum Gasteiger partial charge on any atom is -0.497 e. The van der Waals surface area contributed by atoms with Crippen LogP contribution in [-0.4, -0.2) is 53.1 Å². The fourth-order valence-corrected chi connectivity index (χ4v) is 6.64. The molecule has 176 valence electrons. The highest BCUT2D eigenvalue weighted by Gasteiger charge is 2.32. The van der Waals surface area contributed by atoms with E-state index in [9.17, 15) is 8.42 Å². The molecule has 3 aromatic rings. The molecule has 0 saturated carbocycles. The van der Waals surface area contributed by atoms with Crippen molar-refractivity contribution in [3.05, 3.63) is 59.1 Å². The molecule has 1 aliphatic heterocycles.